The van der Waals surface area contributed by atoms with Crippen LogP contribution in [0.15, 0.2) is 54.6 Å². The highest BCUT2D eigenvalue weighted by atomic mass is 19.1. The van der Waals surface area contributed by atoms with Crippen molar-refractivity contribution >= 4 is 5.91 Å². The molecule has 0 bridgehead atoms. The third-order valence-electron chi connectivity index (χ3n) is 6.23. The van der Waals surface area contributed by atoms with Crippen molar-refractivity contribution in [3.63, 3.8) is 0 Å². The number of fused-ring (bicyclic) bond motifs is 1. The first kappa shape index (κ1) is 19.9. The molecule has 1 amide bonds. The molecule has 0 atom stereocenters. The first-order valence-electron chi connectivity index (χ1n) is 11.0. The second kappa shape index (κ2) is 8.27. The van der Waals surface area contributed by atoms with Crippen LogP contribution in [0, 0.1) is 11.7 Å². The molecule has 2 heterocycles. The minimum Gasteiger partial charge on any atom is -0.340 e. The van der Waals surface area contributed by atoms with Gasteiger partial charge in [-0.25, -0.2) is 9.07 Å². The molecule has 5 nitrogen and oxygen atoms in total. The summed E-state index contributed by atoms with van der Waals surface area (Å²) in [4.78, 5) is 16.8. The number of amides is 1. The zero-order valence-corrected chi connectivity index (χ0v) is 17.8. The molecule has 0 radical (unpaired) electrons. The van der Waals surface area contributed by atoms with E-state index < -0.39 is 0 Å². The lowest BCUT2D eigenvalue weighted by molar-refractivity contribution is -0.131. The third kappa shape index (κ3) is 4.26. The first-order valence-corrected chi connectivity index (χ1v) is 11.0. The van der Waals surface area contributed by atoms with Crippen molar-refractivity contribution in [2.45, 2.75) is 38.9 Å². The van der Waals surface area contributed by atoms with Gasteiger partial charge in [0.2, 0.25) is 5.91 Å². The van der Waals surface area contributed by atoms with Crippen molar-refractivity contribution in [2.75, 3.05) is 13.6 Å². The molecular weight excluding hydrogens is 391 g/mol. The highest BCUT2D eigenvalue weighted by Gasteiger charge is 2.33. The van der Waals surface area contributed by atoms with E-state index in [1.165, 1.54) is 23.3 Å². The maximum Gasteiger partial charge on any atom is 0.225 e. The van der Waals surface area contributed by atoms with Gasteiger partial charge in [0.15, 0.2) is 0 Å². The molecule has 2 aromatic carbocycles. The van der Waals surface area contributed by atoms with Crippen molar-refractivity contribution in [3.05, 3.63) is 82.9 Å². The molecule has 5 rings (SSSR count). The van der Waals surface area contributed by atoms with Gasteiger partial charge in [0.05, 0.1) is 23.6 Å². The Hall–Kier alpha value is -2.99. The molecule has 1 saturated carbocycles. The van der Waals surface area contributed by atoms with E-state index in [0.29, 0.717) is 6.54 Å². The molecule has 0 unspecified atom stereocenters. The molecular formula is C25H27FN4O. The molecule has 31 heavy (non-hydrogen) atoms. The number of rotatable bonds is 6. The summed E-state index contributed by atoms with van der Waals surface area (Å²) < 4.78 is 15.4. The normalized spacial score (nSPS) is 16.2. The van der Waals surface area contributed by atoms with Gasteiger partial charge in [-0.1, -0.05) is 30.3 Å². The fourth-order valence-electron chi connectivity index (χ4n) is 4.39. The van der Waals surface area contributed by atoms with E-state index in [2.05, 4.69) is 29.2 Å². The number of carbonyl (C=O) groups excluding carboxylic acids is 1. The fourth-order valence-corrected chi connectivity index (χ4v) is 4.39. The van der Waals surface area contributed by atoms with Crippen LogP contribution in [0.4, 0.5) is 4.39 Å². The van der Waals surface area contributed by atoms with Crippen molar-refractivity contribution in [2.24, 2.45) is 5.92 Å². The molecule has 3 aromatic rings. The summed E-state index contributed by atoms with van der Waals surface area (Å²) in [6.45, 7) is 3.13. The van der Waals surface area contributed by atoms with E-state index in [1.54, 1.807) is 12.1 Å². The van der Waals surface area contributed by atoms with E-state index in [-0.39, 0.29) is 17.6 Å². The van der Waals surface area contributed by atoms with E-state index in [0.717, 1.165) is 56.0 Å². The summed E-state index contributed by atoms with van der Waals surface area (Å²) in [6.07, 6.45) is 2.86. The van der Waals surface area contributed by atoms with Gasteiger partial charge in [0, 0.05) is 44.6 Å². The van der Waals surface area contributed by atoms with Crippen LogP contribution >= 0.6 is 0 Å². The first-order chi connectivity index (χ1) is 15.1. The average Bonchev–Trinajstić information content (AvgIpc) is 3.58. The molecule has 160 valence electrons. The molecule has 1 fully saturated rings. The molecule has 2 aliphatic rings. The Morgan fingerprint density at radius 2 is 1.87 bits per heavy atom. The van der Waals surface area contributed by atoms with Crippen molar-refractivity contribution in [3.8, 4) is 5.69 Å². The Bertz CT molecular complexity index is 1070. The monoisotopic (exact) mass is 418 g/mol. The minimum atomic E-state index is -0.256. The minimum absolute atomic E-state index is 0.189. The maximum atomic E-state index is 13.5. The summed E-state index contributed by atoms with van der Waals surface area (Å²) in [5, 5.41) is 4.91. The molecule has 1 aliphatic carbocycles. The van der Waals surface area contributed by atoms with E-state index in [9.17, 15) is 9.18 Å². The van der Waals surface area contributed by atoms with Gasteiger partial charge in [0.1, 0.15) is 5.82 Å². The number of hydrogen-bond donors (Lipinski definition) is 0. The SMILES string of the molecule is CN(Cc1nn(-c2ccc(F)cc2)c2c1CN(Cc1ccccc1)CC2)C(=O)C1CC1. The van der Waals surface area contributed by atoms with Crippen LogP contribution in [0.1, 0.15) is 35.4 Å². The van der Waals surface area contributed by atoms with E-state index >= 15 is 0 Å². The molecule has 1 aliphatic heterocycles. The number of benzene rings is 2. The zero-order valence-electron chi connectivity index (χ0n) is 17.8. The van der Waals surface area contributed by atoms with Crippen LogP contribution in [0.2, 0.25) is 0 Å². The number of halogens is 1. The Morgan fingerprint density at radius 1 is 1.13 bits per heavy atom. The summed E-state index contributed by atoms with van der Waals surface area (Å²) >= 11 is 0. The highest BCUT2D eigenvalue weighted by molar-refractivity contribution is 5.80. The Labute approximate surface area is 182 Å². The topological polar surface area (TPSA) is 41.4 Å². The van der Waals surface area contributed by atoms with Crippen LogP contribution in [0.3, 0.4) is 0 Å². The second-order valence-electron chi connectivity index (χ2n) is 8.67. The molecule has 0 N–H and O–H groups in total. The van der Waals surface area contributed by atoms with Crippen molar-refractivity contribution < 1.29 is 9.18 Å². The number of hydrogen-bond acceptors (Lipinski definition) is 3. The van der Waals surface area contributed by atoms with Crippen LogP contribution in [-0.2, 0) is 30.8 Å². The molecule has 0 spiro atoms. The largest absolute Gasteiger partial charge is 0.340 e. The quantitative estimate of drug-likeness (QED) is 0.609. The predicted molar refractivity (Wildman–Crippen MR) is 117 cm³/mol. The van der Waals surface area contributed by atoms with Gasteiger partial charge in [-0.3, -0.25) is 9.69 Å². The lowest BCUT2D eigenvalue weighted by atomic mass is 10.0. The van der Waals surface area contributed by atoms with Gasteiger partial charge in [0.25, 0.3) is 0 Å². The van der Waals surface area contributed by atoms with Crippen molar-refractivity contribution in [1.29, 1.82) is 0 Å². The van der Waals surface area contributed by atoms with Crippen LogP contribution < -0.4 is 0 Å². The maximum absolute atomic E-state index is 13.5. The van der Waals surface area contributed by atoms with Gasteiger partial charge in [-0.2, -0.15) is 5.10 Å². The highest BCUT2D eigenvalue weighted by Crippen LogP contribution is 2.32. The van der Waals surface area contributed by atoms with E-state index in [1.807, 2.05) is 22.7 Å². The molecule has 0 saturated heterocycles. The third-order valence-corrected chi connectivity index (χ3v) is 6.23. The molecule has 6 heteroatoms. The van der Waals surface area contributed by atoms with Crippen molar-refractivity contribution in [1.82, 2.24) is 19.6 Å². The predicted octanol–water partition coefficient (Wildman–Crippen LogP) is 3.94. The zero-order chi connectivity index (χ0) is 21.4. The summed E-state index contributed by atoms with van der Waals surface area (Å²) in [6, 6.07) is 17.0. The lowest BCUT2D eigenvalue weighted by Gasteiger charge is -2.28. The van der Waals surface area contributed by atoms with E-state index in [4.69, 9.17) is 5.10 Å². The Morgan fingerprint density at radius 3 is 2.58 bits per heavy atom. The summed E-state index contributed by atoms with van der Waals surface area (Å²) in [5.41, 5.74) is 5.45. The van der Waals surface area contributed by atoms with Crippen LogP contribution in [0.5, 0.6) is 0 Å². The second-order valence-corrected chi connectivity index (χ2v) is 8.67. The lowest BCUT2D eigenvalue weighted by Crippen LogP contribution is -2.32. The van der Waals surface area contributed by atoms with Gasteiger partial charge < -0.3 is 4.90 Å². The van der Waals surface area contributed by atoms with Crippen LogP contribution in [0.25, 0.3) is 5.69 Å². The average molecular weight is 419 g/mol. The van der Waals surface area contributed by atoms with Gasteiger partial charge in [-0.05, 0) is 42.7 Å². The number of nitrogens with zero attached hydrogens (tertiary/aromatic N) is 4. The van der Waals surface area contributed by atoms with Gasteiger partial charge in [-0.15, -0.1) is 0 Å². The molecule has 1 aromatic heterocycles. The number of aromatic nitrogens is 2. The Kier molecular flexibility index (Phi) is 5.32. The Balaban J connectivity index is 1.45. The smallest absolute Gasteiger partial charge is 0.225 e. The summed E-state index contributed by atoms with van der Waals surface area (Å²) in [5.74, 6) is 0.144. The standard InChI is InChI=1S/C25H27FN4O/c1-28(25(31)19-7-8-19)17-23-22-16-29(15-18-5-3-2-4-6-18)14-13-24(22)30(27-23)21-11-9-20(26)10-12-21/h2-6,9-12,19H,7-8,13-17H2,1H3. The van der Waals surface area contributed by atoms with Gasteiger partial charge >= 0.3 is 0 Å². The number of carbonyl (C=O) groups is 1. The summed E-state index contributed by atoms with van der Waals surface area (Å²) in [7, 11) is 1.87. The van der Waals surface area contributed by atoms with Crippen LogP contribution in [-0.4, -0.2) is 39.1 Å². The fraction of sp³-hybridized carbons (Fsp3) is 0.360.